The van der Waals surface area contributed by atoms with Crippen molar-refractivity contribution in [3.63, 3.8) is 0 Å². The number of phenols is 2. The number of halogens is 2. The molecule has 0 saturated carbocycles. The Hall–Kier alpha value is -2.77. The summed E-state index contributed by atoms with van der Waals surface area (Å²) in [5.74, 6) is -0.260. The number of hydrogen-bond donors (Lipinski definition) is 5. The minimum absolute atomic E-state index is 0.0756. The van der Waals surface area contributed by atoms with Crippen LogP contribution in [0.5, 0.6) is 11.5 Å². The number of aliphatic hydroxyl groups excluding tert-OH is 1. The van der Waals surface area contributed by atoms with Crippen molar-refractivity contribution in [3.8, 4) is 11.5 Å². The van der Waals surface area contributed by atoms with Crippen LogP contribution in [-0.2, 0) is 24.2 Å². The SMILES string of the molecule is CC(Cc1cccc(CCC(=O)NCc2c(Cl)cccc2Cl)c1)NCC(O)c1cc(O)cc(O)c1. The van der Waals surface area contributed by atoms with E-state index >= 15 is 0 Å². The zero-order valence-electron chi connectivity index (χ0n) is 19.5. The van der Waals surface area contributed by atoms with Crippen LogP contribution in [0.3, 0.4) is 0 Å². The van der Waals surface area contributed by atoms with Gasteiger partial charge in [-0.25, -0.2) is 0 Å². The Kier molecular flexibility index (Phi) is 9.81. The molecule has 35 heavy (non-hydrogen) atoms. The molecule has 5 N–H and O–H groups in total. The topological polar surface area (TPSA) is 102 Å². The molecule has 186 valence electrons. The van der Waals surface area contributed by atoms with Crippen LogP contribution in [0.4, 0.5) is 0 Å². The molecule has 0 saturated heterocycles. The van der Waals surface area contributed by atoms with E-state index < -0.39 is 6.10 Å². The van der Waals surface area contributed by atoms with Crippen molar-refractivity contribution in [3.05, 3.63) is 93.0 Å². The van der Waals surface area contributed by atoms with Crippen molar-refractivity contribution >= 4 is 29.1 Å². The molecule has 8 heteroatoms. The van der Waals surface area contributed by atoms with Gasteiger partial charge in [0.1, 0.15) is 11.5 Å². The van der Waals surface area contributed by atoms with Gasteiger partial charge in [-0.05, 0) is 60.7 Å². The fourth-order valence-corrected chi connectivity index (χ4v) is 4.34. The summed E-state index contributed by atoms with van der Waals surface area (Å²) < 4.78 is 0. The predicted molar refractivity (Wildman–Crippen MR) is 139 cm³/mol. The molecule has 0 radical (unpaired) electrons. The van der Waals surface area contributed by atoms with E-state index in [-0.39, 0.29) is 36.5 Å². The van der Waals surface area contributed by atoms with Gasteiger partial charge in [0.15, 0.2) is 0 Å². The summed E-state index contributed by atoms with van der Waals surface area (Å²) >= 11 is 12.3. The van der Waals surface area contributed by atoms with Crippen LogP contribution >= 0.6 is 23.2 Å². The first-order valence-electron chi connectivity index (χ1n) is 11.4. The number of carbonyl (C=O) groups excluding carboxylic acids is 1. The lowest BCUT2D eigenvalue weighted by atomic mass is 10.0. The van der Waals surface area contributed by atoms with Gasteiger partial charge in [-0.3, -0.25) is 4.79 Å². The normalized spacial score (nSPS) is 12.8. The van der Waals surface area contributed by atoms with E-state index in [4.69, 9.17) is 23.2 Å². The zero-order valence-corrected chi connectivity index (χ0v) is 21.0. The number of aliphatic hydroxyl groups is 1. The standard InChI is InChI=1S/C27H30Cl2N2O4/c1-17(30-16-26(34)20-12-21(32)14-22(33)13-20)10-19-5-2-4-18(11-19)8-9-27(35)31-15-23-24(28)6-3-7-25(23)29/h2-7,11-14,17,26,30,32-34H,8-10,15-16H2,1H3,(H,31,35). The molecular weight excluding hydrogens is 487 g/mol. The van der Waals surface area contributed by atoms with Gasteiger partial charge >= 0.3 is 0 Å². The molecule has 3 aromatic carbocycles. The highest BCUT2D eigenvalue weighted by Crippen LogP contribution is 2.25. The fraction of sp³-hybridized carbons (Fsp3) is 0.296. The average molecular weight is 517 g/mol. The molecule has 0 bridgehead atoms. The van der Waals surface area contributed by atoms with Crippen molar-refractivity contribution in [2.24, 2.45) is 0 Å². The van der Waals surface area contributed by atoms with Crippen molar-refractivity contribution in [2.75, 3.05) is 6.54 Å². The maximum Gasteiger partial charge on any atom is 0.220 e. The molecule has 0 aliphatic carbocycles. The molecule has 0 aliphatic rings. The number of nitrogens with one attached hydrogen (secondary N) is 2. The highest BCUT2D eigenvalue weighted by atomic mass is 35.5. The van der Waals surface area contributed by atoms with Crippen LogP contribution in [0, 0.1) is 0 Å². The first-order valence-corrected chi connectivity index (χ1v) is 12.2. The first kappa shape index (κ1) is 26.8. The van der Waals surface area contributed by atoms with Crippen LogP contribution in [0.15, 0.2) is 60.7 Å². The molecule has 2 atom stereocenters. The Balaban J connectivity index is 1.45. The fourth-order valence-electron chi connectivity index (χ4n) is 3.81. The van der Waals surface area contributed by atoms with E-state index in [9.17, 15) is 20.1 Å². The van der Waals surface area contributed by atoms with E-state index in [1.807, 2.05) is 25.1 Å². The quantitative estimate of drug-likeness (QED) is 0.249. The van der Waals surface area contributed by atoms with Crippen LogP contribution in [0.1, 0.15) is 41.7 Å². The Labute approximate surface area is 215 Å². The summed E-state index contributed by atoms with van der Waals surface area (Å²) in [5, 5.41) is 36.8. The maximum atomic E-state index is 12.3. The lowest BCUT2D eigenvalue weighted by Crippen LogP contribution is -2.32. The van der Waals surface area contributed by atoms with E-state index in [0.29, 0.717) is 34.0 Å². The molecule has 2 unspecified atom stereocenters. The van der Waals surface area contributed by atoms with Gasteiger partial charge in [-0.1, -0.05) is 53.5 Å². The summed E-state index contributed by atoms with van der Waals surface area (Å²) in [4.78, 5) is 12.3. The summed E-state index contributed by atoms with van der Waals surface area (Å²) in [6.45, 7) is 2.58. The second kappa shape index (κ2) is 12.8. The molecule has 0 heterocycles. The smallest absolute Gasteiger partial charge is 0.220 e. The predicted octanol–water partition coefficient (Wildman–Crippen LogP) is 4.91. The van der Waals surface area contributed by atoms with E-state index in [2.05, 4.69) is 16.7 Å². The van der Waals surface area contributed by atoms with Gasteiger partial charge in [-0.15, -0.1) is 0 Å². The number of aryl methyl sites for hydroxylation is 1. The van der Waals surface area contributed by atoms with Gasteiger partial charge in [0.05, 0.1) is 6.10 Å². The second-order valence-corrected chi connectivity index (χ2v) is 9.42. The van der Waals surface area contributed by atoms with Gasteiger partial charge in [0, 0.05) is 47.2 Å². The van der Waals surface area contributed by atoms with Crippen LogP contribution < -0.4 is 10.6 Å². The van der Waals surface area contributed by atoms with E-state index in [1.165, 1.54) is 18.2 Å². The highest BCUT2D eigenvalue weighted by Gasteiger charge is 2.13. The first-order chi connectivity index (χ1) is 16.7. The molecule has 3 rings (SSSR count). The van der Waals surface area contributed by atoms with Gasteiger partial charge in [0.2, 0.25) is 5.91 Å². The Morgan fingerprint density at radius 1 is 0.943 bits per heavy atom. The third kappa shape index (κ3) is 8.44. The lowest BCUT2D eigenvalue weighted by Gasteiger charge is -2.18. The molecule has 1 amide bonds. The molecule has 0 aromatic heterocycles. The Bertz CT molecular complexity index is 1120. The minimum Gasteiger partial charge on any atom is -0.508 e. The van der Waals surface area contributed by atoms with Crippen molar-refractivity contribution in [2.45, 2.75) is 44.9 Å². The number of carbonyl (C=O) groups is 1. The Morgan fingerprint density at radius 2 is 1.57 bits per heavy atom. The maximum absolute atomic E-state index is 12.3. The van der Waals surface area contributed by atoms with Crippen molar-refractivity contribution < 1.29 is 20.1 Å². The third-order valence-electron chi connectivity index (χ3n) is 5.67. The molecule has 0 fully saturated rings. The second-order valence-electron chi connectivity index (χ2n) is 8.61. The molecule has 0 aliphatic heterocycles. The number of hydrogen-bond acceptors (Lipinski definition) is 5. The number of amides is 1. The number of aromatic hydroxyl groups is 2. The molecule has 6 nitrogen and oxygen atoms in total. The number of rotatable bonds is 11. The van der Waals surface area contributed by atoms with Crippen LogP contribution in [0.25, 0.3) is 0 Å². The average Bonchev–Trinajstić information content (AvgIpc) is 2.80. The highest BCUT2D eigenvalue weighted by molar-refractivity contribution is 6.36. The largest absolute Gasteiger partial charge is 0.508 e. The molecule has 0 spiro atoms. The van der Waals surface area contributed by atoms with E-state index in [1.54, 1.807) is 18.2 Å². The van der Waals surface area contributed by atoms with Crippen LogP contribution in [0.2, 0.25) is 10.0 Å². The van der Waals surface area contributed by atoms with Gasteiger partial charge < -0.3 is 26.0 Å². The summed E-state index contributed by atoms with van der Waals surface area (Å²) in [6.07, 6.45) is 0.837. The Morgan fingerprint density at radius 3 is 2.26 bits per heavy atom. The van der Waals surface area contributed by atoms with E-state index in [0.717, 1.165) is 17.5 Å². The lowest BCUT2D eigenvalue weighted by molar-refractivity contribution is -0.121. The van der Waals surface area contributed by atoms with Crippen LogP contribution in [-0.4, -0.2) is 33.8 Å². The van der Waals surface area contributed by atoms with Gasteiger partial charge in [-0.2, -0.15) is 0 Å². The molecule has 3 aromatic rings. The monoisotopic (exact) mass is 516 g/mol. The summed E-state index contributed by atoms with van der Waals surface area (Å²) in [7, 11) is 0. The number of phenolic OH excluding ortho intramolecular Hbond substituents is 2. The van der Waals surface area contributed by atoms with Gasteiger partial charge in [0.25, 0.3) is 0 Å². The molecular formula is C27H30Cl2N2O4. The van der Waals surface area contributed by atoms with Crippen molar-refractivity contribution in [1.29, 1.82) is 0 Å². The summed E-state index contributed by atoms with van der Waals surface area (Å²) in [6, 6.07) is 17.5. The summed E-state index contributed by atoms with van der Waals surface area (Å²) in [5.41, 5.74) is 3.34. The number of benzene rings is 3. The van der Waals surface area contributed by atoms with Crippen molar-refractivity contribution in [1.82, 2.24) is 10.6 Å². The third-order valence-corrected chi connectivity index (χ3v) is 6.38. The minimum atomic E-state index is -0.860. The zero-order chi connectivity index (χ0) is 25.4.